The summed E-state index contributed by atoms with van der Waals surface area (Å²) in [7, 11) is 1.59. The van der Waals surface area contributed by atoms with Gasteiger partial charge in [0.15, 0.2) is 0 Å². The maximum Gasteiger partial charge on any atom is 0.242 e. The summed E-state index contributed by atoms with van der Waals surface area (Å²) >= 11 is 0. The van der Waals surface area contributed by atoms with Gasteiger partial charge >= 0.3 is 0 Å². The maximum atomic E-state index is 12.3. The van der Waals surface area contributed by atoms with Crippen LogP contribution in [0.3, 0.4) is 0 Å². The second kappa shape index (κ2) is 11.7. The van der Waals surface area contributed by atoms with Gasteiger partial charge in [0, 0.05) is 19.6 Å². The van der Waals surface area contributed by atoms with E-state index in [1.807, 2.05) is 13.8 Å². The predicted octanol–water partition coefficient (Wildman–Crippen LogP) is 0.701. The molecular formula is C15H30ClN3O3. The lowest BCUT2D eigenvalue weighted by molar-refractivity contribution is -0.132. The number of methoxy groups -OCH3 is 1. The molecule has 1 heterocycles. The fourth-order valence-electron chi connectivity index (χ4n) is 2.48. The van der Waals surface area contributed by atoms with Crippen LogP contribution in [0.1, 0.15) is 33.1 Å². The summed E-state index contributed by atoms with van der Waals surface area (Å²) in [5, 5.41) is 8.97. The summed E-state index contributed by atoms with van der Waals surface area (Å²) < 4.78 is 4.92. The molecule has 0 aromatic carbocycles. The van der Waals surface area contributed by atoms with E-state index in [4.69, 9.17) is 4.74 Å². The Kier molecular flexibility index (Phi) is 11.2. The van der Waals surface area contributed by atoms with Gasteiger partial charge in [-0.15, -0.1) is 12.4 Å². The number of hydrogen-bond donors (Lipinski definition) is 3. The number of rotatable bonds is 8. The molecule has 22 heavy (non-hydrogen) atoms. The summed E-state index contributed by atoms with van der Waals surface area (Å²) in [5.41, 5.74) is 0. The van der Waals surface area contributed by atoms with E-state index in [0.717, 1.165) is 25.9 Å². The van der Waals surface area contributed by atoms with E-state index in [0.29, 0.717) is 25.5 Å². The molecule has 2 amide bonds. The van der Waals surface area contributed by atoms with E-state index in [2.05, 4.69) is 16.0 Å². The molecule has 7 heteroatoms. The number of nitrogens with one attached hydrogen (secondary N) is 3. The van der Waals surface area contributed by atoms with Gasteiger partial charge in [0.25, 0.3) is 0 Å². The van der Waals surface area contributed by atoms with Crippen LogP contribution in [0.4, 0.5) is 0 Å². The van der Waals surface area contributed by atoms with E-state index >= 15 is 0 Å². The molecule has 1 saturated heterocycles. The predicted molar refractivity (Wildman–Crippen MR) is 89.1 cm³/mol. The van der Waals surface area contributed by atoms with Crippen LogP contribution in [-0.4, -0.2) is 51.2 Å². The van der Waals surface area contributed by atoms with E-state index in [9.17, 15) is 9.59 Å². The van der Waals surface area contributed by atoms with Crippen molar-refractivity contribution in [1.82, 2.24) is 16.0 Å². The molecule has 0 radical (unpaired) electrons. The fourth-order valence-corrected chi connectivity index (χ4v) is 2.48. The van der Waals surface area contributed by atoms with Gasteiger partial charge in [0.2, 0.25) is 11.8 Å². The normalized spacial score (nSPS) is 16.7. The van der Waals surface area contributed by atoms with Crippen molar-refractivity contribution in [3.8, 4) is 0 Å². The van der Waals surface area contributed by atoms with Crippen molar-refractivity contribution >= 4 is 24.2 Å². The average molecular weight is 336 g/mol. The molecule has 6 nitrogen and oxygen atoms in total. The van der Waals surface area contributed by atoms with Crippen LogP contribution >= 0.6 is 12.4 Å². The number of hydrogen-bond acceptors (Lipinski definition) is 4. The fraction of sp³-hybridized carbons (Fsp3) is 0.867. The SMILES string of the molecule is COCCNC(=O)[C@H](CC(C)C)NC(=O)C1CCNCC1.Cl. The van der Waals surface area contributed by atoms with Crippen molar-refractivity contribution < 1.29 is 14.3 Å². The monoisotopic (exact) mass is 335 g/mol. The first kappa shape index (κ1) is 21.1. The van der Waals surface area contributed by atoms with Crippen LogP contribution in [0, 0.1) is 11.8 Å². The van der Waals surface area contributed by atoms with Gasteiger partial charge < -0.3 is 20.7 Å². The zero-order chi connectivity index (χ0) is 15.7. The maximum absolute atomic E-state index is 12.3. The molecule has 0 unspecified atom stereocenters. The van der Waals surface area contributed by atoms with Gasteiger partial charge in [-0.25, -0.2) is 0 Å². The van der Waals surface area contributed by atoms with Crippen molar-refractivity contribution in [2.75, 3.05) is 33.4 Å². The largest absolute Gasteiger partial charge is 0.383 e. The summed E-state index contributed by atoms with van der Waals surface area (Å²) in [5.74, 6) is 0.247. The lowest BCUT2D eigenvalue weighted by Crippen LogP contribution is -2.50. The minimum atomic E-state index is -0.454. The number of ether oxygens (including phenoxy) is 1. The Morgan fingerprint density at radius 1 is 1.27 bits per heavy atom. The number of piperidine rings is 1. The molecule has 130 valence electrons. The highest BCUT2D eigenvalue weighted by molar-refractivity contribution is 5.88. The smallest absolute Gasteiger partial charge is 0.242 e. The van der Waals surface area contributed by atoms with E-state index in [1.54, 1.807) is 7.11 Å². The zero-order valence-electron chi connectivity index (χ0n) is 13.8. The minimum absolute atomic E-state index is 0. The molecule has 1 aliphatic heterocycles. The number of carbonyl (C=O) groups is 2. The van der Waals surface area contributed by atoms with Crippen molar-refractivity contribution in [3.05, 3.63) is 0 Å². The van der Waals surface area contributed by atoms with E-state index in [-0.39, 0.29) is 30.1 Å². The highest BCUT2D eigenvalue weighted by Gasteiger charge is 2.26. The third kappa shape index (κ3) is 7.96. The van der Waals surface area contributed by atoms with Gasteiger partial charge in [-0.2, -0.15) is 0 Å². The molecule has 0 aromatic rings. The van der Waals surface area contributed by atoms with Crippen LogP contribution in [0.2, 0.25) is 0 Å². The standard InChI is InChI=1S/C15H29N3O3.ClH/c1-11(2)10-13(15(20)17-8-9-21-3)18-14(19)12-4-6-16-7-5-12;/h11-13,16H,4-10H2,1-3H3,(H,17,20)(H,18,19);1H/t13-;/m0./s1. The van der Waals surface area contributed by atoms with Crippen molar-refractivity contribution in [2.24, 2.45) is 11.8 Å². The quantitative estimate of drug-likeness (QED) is 0.571. The first-order chi connectivity index (χ1) is 10.0. The lowest BCUT2D eigenvalue weighted by Gasteiger charge is -2.26. The molecule has 0 spiro atoms. The summed E-state index contributed by atoms with van der Waals surface area (Å²) in [6, 6.07) is -0.454. The molecule has 3 N–H and O–H groups in total. The molecule has 1 atom stereocenters. The second-order valence-electron chi connectivity index (χ2n) is 6.00. The molecule has 0 saturated carbocycles. The summed E-state index contributed by atoms with van der Waals surface area (Å²) in [4.78, 5) is 24.5. The second-order valence-corrected chi connectivity index (χ2v) is 6.00. The third-order valence-corrected chi connectivity index (χ3v) is 3.66. The highest BCUT2D eigenvalue weighted by atomic mass is 35.5. The van der Waals surface area contributed by atoms with Crippen LogP contribution in [-0.2, 0) is 14.3 Å². The van der Waals surface area contributed by atoms with Crippen molar-refractivity contribution in [1.29, 1.82) is 0 Å². The van der Waals surface area contributed by atoms with Gasteiger partial charge in [0.05, 0.1) is 6.61 Å². The first-order valence-corrected chi connectivity index (χ1v) is 7.82. The van der Waals surface area contributed by atoms with Crippen LogP contribution in [0.25, 0.3) is 0 Å². The summed E-state index contributed by atoms with van der Waals surface area (Å²) in [6.07, 6.45) is 2.33. The zero-order valence-corrected chi connectivity index (χ0v) is 14.6. The van der Waals surface area contributed by atoms with Gasteiger partial charge in [-0.05, 0) is 38.3 Å². The van der Waals surface area contributed by atoms with E-state index in [1.165, 1.54) is 0 Å². The number of amides is 2. The van der Waals surface area contributed by atoms with Gasteiger partial charge in [0.1, 0.15) is 6.04 Å². The van der Waals surface area contributed by atoms with Crippen LogP contribution in [0.5, 0.6) is 0 Å². The lowest BCUT2D eigenvalue weighted by atomic mass is 9.95. The Balaban J connectivity index is 0.00000441. The van der Waals surface area contributed by atoms with Crippen molar-refractivity contribution in [2.45, 2.75) is 39.2 Å². The Hall–Kier alpha value is -0.850. The first-order valence-electron chi connectivity index (χ1n) is 7.82. The van der Waals surface area contributed by atoms with Crippen LogP contribution < -0.4 is 16.0 Å². The topological polar surface area (TPSA) is 79.5 Å². The Labute approximate surface area is 139 Å². The van der Waals surface area contributed by atoms with Gasteiger partial charge in [-0.1, -0.05) is 13.8 Å². The van der Waals surface area contributed by atoms with Crippen LogP contribution in [0.15, 0.2) is 0 Å². The molecule has 1 aliphatic rings. The molecule has 1 fully saturated rings. The Morgan fingerprint density at radius 3 is 2.45 bits per heavy atom. The minimum Gasteiger partial charge on any atom is -0.383 e. The molecule has 0 bridgehead atoms. The molecule has 0 aliphatic carbocycles. The summed E-state index contributed by atoms with van der Waals surface area (Å²) in [6.45, 7) is 6.77. The van der Waals surface area contributed by atoms with E-state index < -0.39 is 6.04 Å². The highest BCUT2D eigenvalue weighted by Crippen LogP contribution is 2.13. The molecule has 0 aromatic heterocycles. The molecule has 1 rings (SSSR count). The number of carbonyl (C=O) groups excluding carboxylic acids is 2. The molecular weight excluding hydrogens is 306 g/mol. The third-order valence-electron chi connectivity index (χ3n) is 3.66. The Bertz CT molecular complexity index is 334. The van der Waals surface area contributed by atoms with Crippen molar-refractivity contribution in [3.63, 3.8) is 0 Å². The average Bonchev–Trinajstić information content (AvgIpc) is 2.47. The Morgan fingerprint density at radius 2 is 1.91 bits per heavy atom. The number of halogens is 1. The van der Waals surface area contributed by atoms with Gasteiger partial charge in [-0.3, -0.25) is 9.59 Å².